The highest BCUT2D eigenvalue weighted by Gasteiger charge is 2.16. The van der Waals surface area contributed by atoms with Gasteiger partial charge in [0.2, 0.25) is 5.91 Å². The van der Waals surface area contributed by atoms with Gasteiger partial charge >= 0.3 is 0 Å². The second-order valence-electron chi connectivity index (χ2n) is 6.08. The summed E-state index contributed by atoms with van der Waals surface area (Å²) in [4.78, 5) is 12.4. The predicted molar refractivity (Wildman–Crippen MR) is 101 cm³/mol. The van der Waals surface area contributed by atoms with Crippen LogP contribution in [0.3, 0.4) is 0 Å². The van der Waals surface area contributed by atoms with Crippen LogP contribution < -0.4 is 14.8 Å². The lowest BCUT2D eigenvalue weighted by Crippen LogP contribution is -2.30. The molecular weight excluding hydrogens is 314 g/mol. The topological polar surface area (TPSA) is 47.6 Å². The average Bonchev–Trinajstić information content (AvgIpc) is 2.64. The summed E-state index contributed by atoms with van der Waals surface area (Å²) in [5.41, 5.74) is 1.89. The van der Waals surface area contributed by atoms with Crippen molar-refractivity contribution in [3.8, 4) is 11.5 Å². The molecule has 0 saturated carbocycles. The van der Waals surface area contributed by atoms with E-state index in [4.69, 9.17) is 9.47 Å². The number of rotatable bonds is 7. The third-order valence-electron chi connectivity index (χ3n) is 3.97. The monoisotopic (exact) mass is 339 g/mol. The van der Waals surface area contributed by atoms with E-state index in [1.807, 2.05) is 48.5 Å². The van der Waals surface area contributed by atoms with E-state index in [1.54, 1.807) is 20.3 Å². The van der Waals surface area contributed by atoms with Crippen molar-refractivity contribution in [2.75, 3.05) is 14.2 Å². The number of amides is 1. The largest absolute Gasteiger partial charge is 0.497 e. The molecule has 1 atom stereocenters. The van der Waals surface area contributed by atoms with Crippen molar-refractivity contribution in [1.82, 2.24) is 5.32 Å². The Labute approximate surface area is 149 Å². The number of carbonyl (C=O) groups is 1. The third-order valence-corrected chi connectivity index (χ3v) is 3.97. The Balaban J connectivity index is 2.14. The molecule has 25 heavy (non-hydrogen) atoms. The molecule has 0 fully saturated rings. The summed E-state index contributed by atoms with van der Waals surface area (Å²) in [5.74, 6) is 1.54. The molecule has 1 amide bonds. The quantitative estimate of drug-likeness (QED) is 0.768. The lowest BCUT2D eigenvalue weighted by Gasteiger charge is -2.22. The number of ether oxygens (including phenoxy) is 2. The van der Waals surface area contributed by atoms with Crippen LogP contribution in [0.1, 0.15) is 31.0 Å². The summed E-state index contributed by atoms with van der Waals surface area (Å²) in [6.07, 6.45) is 3.26. The molecule has 4 heteroatoms. The Morgan fingerprint density at radius 3 is 2.36 bits per heavy atom. The van der Waals surface area contributed by atoms with Crippen LogP contribution in [0.25, 0.3) is 6.08 Å². The van der Waals surface area contributed by atoms with E-state index in [9.17, 15) is 4.79 Å². The van der Waals surface area contributed by atoms with Crippen LogP contribution in [-0.2, 0) is 4.79 Å². The van der Waals surface area contributed by atoms with Gasteiger partial charge in [-0.3, -0.25) is 4.79 Å². The zero-order valence-electron chi connectivity index (χ0n) is 15.2. The maximum absolute atomic E-state index is 12.4. The van der Waals surface area contributed by atoms with Gasteiger partial charge in [0.15, 0.2) is 0 Å². The van der Waals surface area contributed by atoms with Crippen LogP contribution in [0.4, 0.5) is 0 Å². The van der Waals surface area contributed by atoms with Crippen LogP contribution in [0.15, 0.2) is 54.6 Å². The highest BCUT2D eigenvalue weighted by atomic mass is 16.5. The molecule has 0 heterocycles. The fourth-order valence-corrected chi connectivity index (χ4v) is 2.63. The molecule has 2 rings (SSSR count). The van der Waals surface area contributed by atoms with Gasteiger partial charge in [-0.15, -0.1) is 0 Å². The maximum Gasteiger partial charge on any atom is 0.244 e. The van der Waals surface area contributed by atoms with Gasteiger partial charge in [-0.1, -0.05) is 44.2 Å². The van der Waals surface area contributed by atoms with Gasteiger partial charge in [-0.05, 0) is 35.8 Å². The van der Waals surface area contributed by atoms with Crippen molar-refractivity contribution >= 4 is 12.0 Å². The highest BCUT2D eigenvalue weighted by Crippen LogP contribution is 2.25. The molecule has 0 spiro atoms. The summed E-state index contributed by atoms with van der Waals surface area (Å²) in [6, 6.07) is 15.4. The fraction of sp³-hybridized carbons (Fsp3) is 0.286. The minimum atomic E-state index is -0.146. The SMILES string of the molecule is COc1ccc(OC)c(/C=C/C(=O)N[C@@H](c2ccccc2)C(C)C)c1. The Bertz CT molecular complexity index is 723. The van der Waals surface area contributed by atoms with Crippen LogP contribution >= 0.6 is 0 Å². The Kier molecular flexibility index (Phi) is 6.63. The first-order valence-electron chi connectivity index (χ1n) is 8.30. The van der Waals surface area contributed by atoms with Crippen molar-refractivity contribution in [3.05, 3.63) is 65.7 Å². The van der Waals surface area contributed by atoms with E-state index in [0.717, 1.165) is 11.1 Å². The van der Waals surface area contributed by atoms with E-state index >= 15 is 0 Å². The number of hydrogen-bond donors (Lipinski definition) is 1. The molecule has 0 unspecified atom stereocenters. The van der Waals surface area contributed by atoms with Crippen molar-refractivity contribution in [3.63, 3.8) is 0 Å². The molecule has 1 N–H and O–H groups in total. The van der Waals surface area contributed by atoms with E-state index in [-0.39, 0.29) is 17.9 Å². The first-order valence-corrected chi connectivity index (χ1v) is 8.30. The van der Waals surface area contributed by atoms with Gasteiger partial charge < -0.3 is 14.8 Å². The van der Waals surface area contributed by atoms with Crippen LogP contribution in [0.2, 0.25) is 0 Å². The summed E-state index contributed by atoms with van der Waals surface area (Å²) in [7, 11) is 3.21. The molecule has 2 aromatic carbocycles. The molecule has 132 valence electrons. The lowest BCUT2D eigenvalue weighted by molar-refractivity contribution is -0.117. The minimum Gasteiger partial charge on any atom is -0.497 e. The number of hydrogen-bond acceptors (Lipinski definition) is 3. The lowest BCUT2D eigenvalue weighted by atomic mass is 9.96. The van der Waals surface area contributed by atoms with Crippen LogP contribution in [0.5, 0.6) is 11.5 Å². The summed E-state index contributed by atoms with van der Waals surface area (Å²) in [5, 5.41) is 3.07. The molecule has 0 saturated heterocycles. The molecule has 0 aliphatic carbocycles. The molecule has 0 bridgehead atoms. The molecule has 0 aliphatic heterocycles. The van der Waals surface area contributed by atoms with Crippen molar-refractivity contribution in [2.24, 2.45) is 5.92 Å². The average molecular weight is 339 g/mol. The van der Waals surface area contributed by atoms with E-state index in [0.29, 0.717) is 11.5 Å². The normalized spacial score (nSPS) is 12.2. The Morgan fingerprint density at radius 1 is 1.04 bits per heavy atom. The second-order valence-corrected chi connectivity index (χ2v) is 6.08. The van der Waals surface area contributed by atoms with Crippen molar-refractivity contribution < 1.29 is 14.3 Å². The molecule has 2 aromatic rings. The van der Waals surface area contributed by atoms with Crippen LogP contribution in [-0.4, -0.2) is 20.1 Å². The zero-order valence-corrected chi connectivity index (χ0v) is 15.2. The van der Waals surface area contributed by atoms with Gasteiger partial charge in [0.25, 0.3) is 0 Å². The van der Waals surface area contributed by atoms with E-state index in [2.05, 4.69) is 19.2 Å². The van der Waals surface area contributed by atoms with Crippen molar-refractivity contribution in [2.45, 2.75) is 19.9 Å². The van der Waals surface area contributed by atoms with E-state index in [1.165, 1.54) is 6.08 Å². The number of methoxy groups -OCH3 is 2. The zero-order chi connectivity index (χ0) is 18.2. The van der Waals surface area contributed by atoms with Gasteiger partial charge in [0.1, 0.15) is 11.5 Å². The second kappa shape index (κ2) is 8.92. The summed E-state index contributed by atoms with van der Waals surface area (Å²) in [6.45, 7) is 4.18. The Hall–Kier alpha value is -2.75. The van der Waals surface area contributed by atoms with Gasteiger partial charge in [-0.25, -0.2) is 0 Å². The Morgan fingerprint density at radius 2 is 1.76 bits per heavy atom. The number of nitrogens with one attached hydrogen (secondary N) is 1. The molecule has 4 nitrogen and oxygen atoms in total. The third kappa shape index (κ3) is 5.11. The number of carbonyl (C=O) groups excluding carboxylic acids is 1. The molecule has 0 radical (unpaired) electrons. The highest BCUT2D eigenvalue weighted by molar-refractivity contribution is 5.92. The number of benzene rings is 2. The molecule has 0 aromatic heterocycles. The van der Waals surface area contributed by atoms with E-state index < -0.39 is 0 Å². The minimum absolute atomic E-state index is 0.0365. The smallest absolute Gasteiger partial charge is 0.244 e. The summed E-state index contributed by atoms with van der Waals surface area (Å²) < 4.78 is 10.6. The fourth-order valence-electron chi connectivity index (χ4n) is 2.63. The first-order chi connectivity index (χ1) is 12.0. The van der Waals surface area contributed by atoms with Gasteiger partial charge in [0, 0.05) is 11.6 Å². The van der Waals surface area contributed by atoms with Gasteiger partial charge in [-0.2, -0.15) is 0 Å². The summed E-state index contributed by atoms with van der Waals surface area (Å²) >= 11 is 0. The predicted octanol–water partition coefficient (Wildman–Crippen LogP) is 4.23. The van der Waals surface area contributed by atoms with Gasteiger partial charge in [0.05, 0.1) is 20.3 Å². The van der Waals surface area contributed by atoms with Crippen LogP contribution in [0, 0.1) is 5.92 Å². The molecule has 0 aliphatic rings. The molecular formula is C21H25NO3. The van der Waals surface area contributed by atoms with Crippen molar-refractivity contribution in [1.29, 1.82) is 0 Å². The first kappa shape index (κ1) is 18.6. The maximum atomic E-state index is 12.4. The standard InChI is InChI=1S/C21H25NO3/c1-15(2)21(16-8-6-5-7-9-16)22-20(23)13-10-17-14-18(24-3)11-12-19(17)25-4/h5-15,21H,1-4H3,(H,22,23)/b13-10+/t21-/m1/s1.